The molecule has 1 atom stereocenters. The maximum absolute atomic E-state index is 12.2. The number of rotatable bonds is 3. The number of benzene rings is 1. The molecule has 1 aromatic rings. The van der Waals surface area contributed by atoms with Crippen molar-refractivity contribution in [1.29, 1.82) is 0 Å². The second-order valence-corrected chi connectivity index (χ2v) is 4.08. The molecular weight excluding hydrogens is 230 g/mol. The molecule has 18 heavy (non-hydrogen) atoms. The molecule has 4 heteroatoms. The fourth-order valence-corrected chi connectivity index (χ4v) is 2.23. The molecular formula is C14H11NO3. The number of hydrogen-bond donors (Lipinski definition) is 0. The van der Waals surface area contributed by atoms with Crippen LogP contribution in [-0.2, 0) is 15.1 Å². The van der Waals surface area contributed by atoms with Gasteiger partial charge in [0.2, 0.25) is 0 Å². The molecule has 0 radical (unpaired) electrons. The summed E-state index contributed by atoms with van der Waals surface area (Å²) in [4.78, 5) is 17.4. The fourth-order valence-electron chi connectivity index (χ4n) is 2.23. The van der Waals surface area contributed by atoms with Crippen molar-refractivity contribution in [3.05, 3.63) is 48.1 Å². The minimum atomic E-state index is -1.17. The summed E-state index contributed by atoms with van der Waals surface area (Å²) in [6.07, 6.45) is 6.28. The van der Waals surface area contributed by atoms with Crippen LogP contribution in [0.25, 0.3) is 6.08 Å². The predicted molar refractivity (Wildman–Crippen MR) is 67.4 cm³/mol. The number of hydrogen-bond acceptors (Lipinski definition) is 4. The average Bonchev–Trinajstić information content (AvgIpc) is 2.41. The first-order valence-corrected chi connectivity index (χ1v) is 5.60. The quantitative estimate of drug-likeness (QED) is 0.761. The Labute approximate surface area is 104 Å². The highest BCUT2D eigenvalue weighted by atomic mass is 16.6. The van der Waals surface area contributed by atoms with Crippen molar-refractivity contribution >= 4 is 18.1 Å². The van der Waals surface area contributed by atoms with Gasteiger partial charge < -0.3 is 9.57 Å². The Morgan fingerprint density at radius 2 is 2.33 bits per heavy atom. The Kier molecular flexibility index (Phi) is 2.38. The van der Waals surface area contributed by atoms with Crippen LogP contribution in [0.15, 0.2) is 42.1 Å². The van der Waals surface area contributed by atoms with Crippen LogP contribution in [-0.4, -0.2) is 18.6 Å². The van der Waals surface area contributed by atoms with Gasteiger partial charge in [-0.3, -0.25) is 4.79 Å². The first-order chi connectivity index (χ1) is 8.78. The van der Waals surface area contributed by atoms with E-state index in [-0.39, 0.29) is 12.4 Å². The monoisotopic (exact) mass is 241 g/mol. The summed E-state index contributed by atoms with van der Waals surface area (Å²) >= 11 is 0. The van der Waals surface area contributed by atoms with Gasteiger partial charge in [-0.15, -0.1) is 6.58 Å². The van der Waals surface area contributed by atoms with E-state index in [9.17, 15) is 4.79 Å². The highest BCUT2D eigenvalue weighted by Gasteiger charge is 2.46. The van der Waals surface area contributed by atoms with Gasteiger partial charge in [-0.2, -0.15) is 0 Å². The highest BCUT2D eigenvalue weighted by Crippen LogP contribution is 2.41. The van der Waals surface area contributed by atoms with Gasteiger partial charge in [0, 0.05) is 0 Å². The molecule has 0 aromatic heterocycles. The Morgan fingerprint density at radius 1 is 1.44 bits per heavy atom. The molecule has 2 aliphatic rings. The van der Waals surface area contributed by atoms with Crippen molar-refractivity contribution in [2.45, 2.75) is 5.60 Å². The van der Waals surface area contributed by atoms with Crippen molar-refractivity contribution in [2.75, 3.05) is 6.61 Å². The molecule has 4 nitrogen and oxygen atoms in total. The lowest BCUT2D eigenvalue weighted by Crippen LogP contribution is -2.43. The zero-order chi connectivity index (χ0) is 12.6. The van der Waals surface area contributed by atoms with Crippen LogP contribution in [0, 0.1) is 0 Å². The Bertz CT molecular complexity index is 589. The summed E-state index contributed by atoms with van der Waals surface area (Å²) in [5.74, 6) is 0.396. The molecule has 90 valence electrons. The van der Waals surface area contributed by atoms with Gasteiger partial charge in [0.15, 0.2) is 17.1 Å². The summed E-state index contributed by atoms with van der Waals surface area (Å²) in [7, 11) is 0. The number of ether oxygens (including phenoxy) is 1. The van der Waals surface area contributed by atoms with E-state index in [0.717, 1.165) is 5.56 Å². The van der Waals surface area contributed by atoms with E-state index in [1.165, 1.54) is 12.3 Å². The number of carbonyl (C=O) groups is 1. The smallest absolute Gasteiger partial charge is 0.198 e. The summed E-state index contributed by atoms with van der Waals surface area (Å²) < 4.78 is 5.69. The molecule has 1 aliphatic carbocycles. The van der Waals surface area contributed by atoms with Crippen molar-refractivity contribution < 1.29 is 14.4 Å². The SMILES string of the molecule is C=CCOC12C=NOc3cccc(c31)C=CC2=O. The molecule has 1 heterocycles. The average molecular weight is 241 g/mol. The maximum Gasteiger partial charge on any atom is 0.198 e. The van der Waals surface area contributed by atoms with Crippen LogP contribution < -0.4 is 4.84 Å². The van der Waals surface area contributed by atoms with E-state index >= 15 is 0 Å². The summed E-state index contributed by atoms with van der Waals surface area (Å²) in [6.45, 7) is 3.87. The lowest BCUT2D eigenvalue weighted by molar-refractivity contribution is -0.131. The first-order valence-electron chi connectivity index (χ1n) is 5.60. The van der Waals surface area contributed by atoms with E-state index in [0.29, 0.717) is 11.3 Å². The van der Waals surface area contributed by atoms with Crippen LogP contribution in [0.4, 0.5) is 0 Å². The maximum atomic E-state index is 12.2. The minimum absolute atomic E-state index is 0.156. The van der Waals surface area contributed by atoms with Crippen LogP contribution in [0.1, 0.15) is 11.1 Å². The van der Waals surface area contributed by atoms with Crippen LogP contribution in [0.5, 0.6) is 5.75 Å². The molecule has 0 bridgehead atoms. The third-order valence-electron chi connectivity index (χ3n) is 3.02. The Morgan fingerprint density at radius 3 is 3.17 bits per heavy atom. The van der Waals surface area contributed by atoms with E-state index in [2.05, 4.69) is 11.7 Å². The van der Waals surface area contributed by atoms with Gasteiger partial charge in [-0.25, -0.2) is 0 Å². The Hall–Kier alpha value is -2.20. The molecule has 1 aromatic carbocycles. The molecule has 1 aliphatic heterocycles. The number of nitrogens with zero attached hydrogens (tertiary/aromatic N) is 1. The van der Waals surface area contributed by atoms with Crippen molar-refractivity contribution in [3.63, 3.8) is 0 Å². The van der Waals surface area contributed by atoms with E-state index in [4.69, 9.17) is 9.57 Å². The molecule has 0 amide bonds. The summed E-state index contributed by atoms with van der Waals surface area (Å²) in [5, 5.41) is 3.78. The van der Waals surface area contributed by atoms with Gasteiger partial charge in [-0.05, 0) is 17.7 Å². The molecule has 1 unspecified atom stereocenters. The molecule has 3 rings (SSSR count). The van der Waals surface area contributed by atoms with Crippen LogP contribution >= 0.6 is 0 Å². The fraction of sp³-hybridized carbons (Fsp3) is 0.143. The molecule has 0 saturated carbocycles. The van der Waals surface area contributed by atoms with Gasteiger partial charge in [0.05, 0.1) is 18.4 Å². The van der Waals surface area contributed by atoms with E-state index < -0.39 is 5.60 Å². The zero-order valence-electron chi connectivity index (χ0n) is 9.63. The van der Waals surface area contributed by atoms with Crippen molar-refractivity contribution in [3.8, 4) is 5.75 Å². The minimum Gasteiger partial charge on any atom is -0.357 e. The zero-order valence-corrected chi connectivity index (χ0v) is 9.63. The van der Waals surface area contributed by atoms with Crippen molar-refractivity contribution in [1.82, 2.24) is 0 Å². The summed E-state index contributed by atoms with van der Waals surface area (Å²) in [5.41, 5.74) is 0.448. The van der Waals surface area contributed by atoms with Crippen LogP contribution in [0.2, 0.25) is 0 Å². The topological polar surface area (TPSA) is 47.9 Å². The normalized spacial score (nSPS) is 23.4. The van der Waals surface area contributed by atoms with Gasteiger partial charge >= 0.3 is 0 Å². The molecule has 0 N–H and O–H groups in total. The van der Waals surface area contributed by atoms with Crippen LogP contribution in [0.3, 0.4) is 0 Å². The van der Waals surface area contributed by atoms with E-state index in [1.807, 2.05) is 12.1 Å². The third kappa shape index (κ3) is 1.36. The largest absolute Gasteiger partial charge is 0.357 e. The molecule has 0 spiro atoms. The number of carbonyl (C=O) groups excluding carboxylic acids is 1. The third-order valence-corrected chi connectivity index (χ3v) is 3.02. The lowest BCUT2D eigenvalue weighted by Gasteiger charge is -2.34. The van der Waals surface area contributed by atoms with Gasteiger partial charge in [0.25, 0.3) is 0 Å². The second-order valence-electron chi connectivity index (χ2n) is 4.08. The number of ketones is 1. The highest BCUT2D eigenvalue weighted by molar-refractivity contribution is 6.15. The molecule has 0 saturated heterocycles. The van der Waals surface area contributed by atoms with Crippen molar-refractivity contribution in [2.24, 2.45) is 5.16 Å². The standard InChI is InChI=1S/C14H11NO3/c1-2-8-17-14-9-15-18-11-5-3-4-10(13(11)14)6-7-12(14)16/h2-7,9H,1,8H2. The second kappa shape index (κ2) is 3.92. The van der Waals surface area contributed by atoms with Gasteiger partial charge in [0.1, 0.15) is 0 Å². The summed E-state index contributed by atoms with van der Waals surface area (Å²) in [6, 6.07) is 5.54. The first kappa shape index (κ1) is 10.9. The molecule has 0 fully saturated rings. The number of oxime groups is 1. The van der Waals surface area contributed by atoms with E-state index in [1.54, 1.807) is 18.2 Å². The lowest BCUT2D eigenvalue weighted by atomic mass is 9.81. The Balaban J connectivity index is 2.23. The van der Waals surface area contributed by atoms with Gasteiger partial charge in [-0.1, -0.05) is 29.4 Å². The predicted octanol–water partition coefficient (Wildman–Crippen LogP) is 2.06.